The molecule has 0 unspecified atom stereocenters. The number of aliphatic hydroxyl groups is 1. The van der Waals surface area contributed by atoms with Crippen LogP contribution in [0.1, 0.15) is 48.0 Å². The number of anilines is 1. The highest BCUT2D eigenvalue weighted by atomic mass is 16.3. The Hall–Kier alpha value is -2.40. The van der Waals surface area contributed by atoms with Crippen LogP contribution >= 0.6 is 0 Å². The van der Waals surface area contributed by atoms with Crippen LogP contribution in [-0.4, -0.2) is 33.5 Å². The number of benzene rings is 1. The molecule has 1 saturated heterocycles. The van der Waals surface area contributed by atoms with Crippen molar-refractivity contribution in [2.24, 2.45) is 5.92 Å². The summed E-state index contributed by atoms with van der Waals surface area (Å²) in [5.74, 6) is 0.469. The predicted molar refractivity (Wildman–Crippen MR) is 100 cm³/mol. The van der Waals surface area contributed by atoms with Gasteiger partial charge >= 0.3 is 0 Å². The molecule has 0 spiro atoms. The molecular weight excluding hydrogens is 326 g/mol. The molecule has 2 fully saturated rings. The number of piperidine rings is 1. The highest BCUT2D eigenvalue weighted by Gasteiger charge is 2.50. The van der Waals surface area contributed by atoms with Crippen molar-refractivity contribution in [3.63, 3.8) is 0 Å². The fraction of sp³-hybridized carbons (Fsp3) is 0.429. The summed E-state index contributed by atoms with van der Waals surface area (Å²) in [5, 5.41) is 11.6. The molecule has 1 amide bonds. The summed E-state index contributed by atoms with van der Waals surface area (Å²) >= 11 is 0. The first-order valence-electron chi connectivity index (χ1n) is 9.40. The van der Waals surface area contributed by atoms with Gasteiger partial charge in [0, 0.05) is 24.7 Å². The van der Waals surface area contributed by atoms with E-state index in [0.717, 1.165) is 31.2 Å². The molecule has 5 nitrogen and oxygen atoms in total. The van der Waals surface area contributed by atoms with Gasteiger partial charge in [-0.3, -0.25) is 4.79 Å². The monoisotopic (exact) mass is 351 g/mol. The number of aromatic nitrogens is 1. The molecule has 5 heteroatoms. The summed E-state index contributed by atoms with van der Waals surface area (Å²) in [6, 6.07) is 13.4. The van der Waals surface area contributed by atoms with Gasteiger partial charge in [0.25, 0.3) is 5.91 Å². The standard InChI is InChI=1S/C21H25N3O2/c22-19-11-10-15(14-23-19)20(25)24-13-12-21(26,16-6-2-1-3-7-16)17-8-4-5-9-18(17)24/h1-3,6-7,10-11,14,17-18,26H,4-5,8-9,12-13H2,(H2,22,23)/t17-,18+,21-/m0/s1. The second-order valence-electron chi connectivity index (χ2n) is 7.47. The minimum atomic E-state index is -0.859. The zero-order valence-corrected chi connectivity index (χ0v) is 14.8. The van der Waals surface area contributed by atoms with Gasteiger partial charge in [0.2, 0.25) is 0 Å². The number of likely N-dealkylation sites (tertiary alicyclic amines) is 1. The van der Waals surface area contributed by atoms with E-state index in [1.165, 1.54) is 0 Å². The van der Waals surface area contributed by atoms with E-state index in [1.54, 1.807) is 18.3 Å². The Morgan fingerprint density at radius 3 is 2.65 bits per heavy atom. The van der Waals surface area contributed by atoms with Crippen molar-refractivity contribution in [2.75, 3.05) is 12.3 Å². The van der Waals surface area contributed by atoms with E-state index in [4.69, 9.17) is 5.73 Å². The van der Waals surface area contributed by atoms with Crippen molar-refractivity contribution >= 4 is 11.7 Å². The van der Waals surface area contributed by atoms with E-state index >= 15 is 0 Å². The lowest BCUT2D eigenvalue weighted by atomic mass is 9.66. The van der Waals surface area contributed by atoms with E-state index in [0.29, 0.717) is 24.3 Å². The molecule has 1 aromatic heterocycles. The number of carbonyl (C=O) groups is 1. The molecule has 1 aliphatic carbocycles. The van der Waals surface area contributed by atoms with Crippen LogP contribution in [-0.2, 0) is 5.60 Å². The third-order valence-electron chi connectivity index (χ3n) is 6.04. The van der Waals surface area contributed by atoms with Crippen LogP contribution in [0.2, 0.25) is 0 Å². The van der Waals surface area contributed by atoms with Crippen molar-refractivity contribution in [3.05, 3.63) is 59.8 Å². The maximum absolute atomic E-state index is 13.1. The van der Waals surface area contributed by atoms with Crippen LogP contribution in [0.3, 0.4) is 0 Å². The van der Waals surface area contributed by atoms with Crippen LogP contribution in [0.25, 0.3) is 0 Å². The highest BCUT2D eigenvalue weighted by Crippen LogP contribution is 2.47. The largest absolute Gasteiger partial charge is 0.385 e. The molecule has 136 valence electrons. The van der Waals surface area contributed by atoms with Gasteiger partial charge in [-0.05, 0) is 37.0 Å². The van der Waals surface area contributed by atoms with Crippen molar-refractivity contribution in [2.45, 2.75) is 43.7 Å². The molecule has 1 aromatic carbocycles. The molecule has 2 aliphatic rings. The Bertz CT molecular complexity index is 778. The summed E-state index contributed by atoms with van der Waals surface area (Å²) < 4.78 is 0. The van der Waals surface area contributed by atoms with Crippen LogP contribution in [0.5, 0.6) is 0 Å². The zero-order valence-electron chi connectivity index (χ0n) is 14.8. The SMILES string of the molecule is Nc1ccc(C(=O)N2CC[C@](O)(c3ccccc3)[C@H]3CCCC[C@H]32)cn1. The normalized spacial score (nSPS) is 28.4. The lowest BCUT2D eigenvalue weighted by molar-refractivity contribution is -0.110. The van der Waals surface area contributed by atoms with Crippen LogP contribution < -0.4 is 5.73 Å². The summed E-state index contributed by atoms with van der Waals surface area (Å²) in [5.41, 5.74) is 6.32. The Morgan fingerprint density at radius 2 is 1.92 bits per heavy atom. The summed E-state index contributed by atoms with van der Waals surface area (Å²) in [6.07, 6.45) is 6.19. The number of hydrogen-bond donors (Lipinski definition) is 2. The van der Waals surface area contributed by atoms with Crippen molar-refractivity contribution in [1.29, 1.82) is 0 Å². The lowest BCUT2D eigenvalue weighted by Gasteiger charge is -2.52. The van der Waals surface area contributed by atoms with E-state index in [-0.39, 0.29) is 17.9 Å². The first-order chi connectivity index (χ1) is 12.6. The van der Waals surface area contributed by atoms with Crippen LogP contribution in [0.4, 0.5) is 5.82 Å². The van der Waals surface area contributed by atoms with Crippen molar-refractivity contribution in [1.82, 2.24) is 9.88 Å². The average Bonchev–Trinajstić information content (AvgIpc) is 2.69. The third kappa shape index (κ3) is 2.86. The maximum atomic E-state index is 13.1. The number of pyridine rings is 1. The maximum Gasteiger partial charge on any atom is 0.255 e. The van der Waals surface area contributed by atoms with E-state index < -0.39 is 5.60 Å². The quantitative estimate of drug-likeness (QED) is 0.872. The fourth-order valence-electron chi connectivity index (χ4n) is 4.72. The molecule has 3 atom stereocenters. The number of nitrogens with zero attached hydrogens (tertiary/aromatic N) is 2. The Kier molecular flexibility index (Phi) is 4.41. The minimum absolute atomic E-state index is 0.00971. The highest BCUT2D eigenvalue weighted by molar-refractivity contribution is 5.94. The first-order valence-corrected chi connectivity index (χ1v) is 9.40. The molecule has 1 saturated carbocycles. The molecule has 1 aliphatic heterocycles. The predicted octanol–water partition coefficient (Wildman–Crippen LogP) is 2.96. The van der Waals surface area contributed by atoms with Crippen molar-refractivity contribution in [3.8, 4) is 0 Å². The molecule has 0 bridgehead atoms. The lowest BCUT2D eigenvalue weighted by Crippen LogP contribution is -2.59. The average molecular weight is 351 g/mol. The third-order valence-corrected chi connectivity index (χ3v) is 6.04. The molecule has 2 aromatic rings. The smallest absolute Gasteiger partial charge is 0.255 e. The van der Waals surface area contributed by atoms with Gasteiger partial charge < -0.3 is 15.7 Å². The van der Waals surface area contributed by atoms with Gasteiger partial charge in [-0.15, -0.1) is 0 Å². The van der Waals surface area contributed by atoms with Gasteiger partial charge in [-0.25, -0.2) is 4.98 Å². The minimum Gasteiger partial charge on any atom is -0.385 e. The van der Waals surface area contributed by atoms with Crippen molar-refractivity contribution < 1.29 is 9.90 Å². The Morgan fingerprint density at radius 1 is 1.15 bits per heavy atom. The molecule has 2 heterocycles. The van der Waals surface area contributed by atoms with Gasteiger partial charge in [0.1, 0.15) is 5.82 Å². The van der Waals surface area contributed by atoms with Gasteiger partial charge in [-0.2, -0.15) is 0 Å². The van der Waals surface area contributed by atoms with Gasteiger partial charge in [0.15, 0.2) is 0 Å². The van der Waals surface area contributed by atoms with Crippen LogP contribution in [0, 0.1) is 5.92 Å². The number of fused-ring (bicyclic) bond motifs is 1. The molecule has 4 rings (SSSR count). The zero-order chi connectivity index (χ0) is 18.1. The number of nitrogens with two attached hydrogens (primary N) is 1. The Balaban J connectivity index is 1.64. The topological polar surface area (TPSA) is 79.5 Å². The van der Waals surface area contributed by atoms with Gasteiger partial charge in [-0.1, -0.05) is 43.2 Å². The molecule has 26 heavy (non-hydrogen) atoms. The molecule has 3 N–H and O–H groups in total. The van der Waals surface area contributed by atoms with Crippen LogP contribution in [0.15, 0.2) is 48.7 Å². The number of hydrogen-bond acceptors (Lipinski definition) is 4. The summed E-state index contributed by atoms with van der Waals surface area (Å²) in [7, 11) is 0. The number of amides is 1. The second-order valence-corrected chi connectivity index (χ2v) is 7.47. The van der Waals surface area contributed by atoms with Gasteiger partial charge in [0.05, 0.1) is 11.2 Å². The fourth-order valence-corrected chi connectivity index (χ4v) is 4.72. The molecular formula is C21H25N3O2. The number of rotatable bonds is 2. The molecule has 0 radical (unpaired) electrons. The van der Waals surface area contributed by atoms with E-state index in [1.807, 2.05) is 35.2 Å². The Labute approximate surface area is 153 Å². The second kappa shape index (κ2) is 6.72. The van der Waals surface area contributed by atoms with E-state index in [9.17, 15) is 9.90 Å². The summed E-state index contributed by atoms with van der Waals surface area (Å²) in [6.45, 7) is 0.551. The number of carbonyl (C=O) groups excluding carboxylic acids is 1. The first kappa shape index (κ1) is 17.0. The van der Waals surface area contributed by atoms with E-state index in [2.05, 4.69) is 4.98 Å². The number of nitrogen functional groups attached to an aromatic ring is 1. The summed E-state index contributed by atoms with van der Waals surface area (Å²) in [4.78, 5) is 19.1.